The molecular formula is C13H16BrNO2. The van der Waals surface area contributed by atoms with Crippen LogP contribution in [0.1, 0.15) is 18.9 Å². The lowest BCUT2D eigenvalue weighted by molar-refractivity contribution is 0.0603. The third-order valence-electron chi connectivity index (χ3n) is 3.05. The quantitative estimate of drug-likeness (QED) is 0.802. The predicted molar refractivity (Wildman–Crippen MR) is 70.1 cm³/mol. The largest absolute Gasteiger partial charge is 0.445 e. The molecule has 0 unspecified atom stereocenters. The van der Waals surface area contributed by atoms with Crippen molar-refractivity contribution in [3.8, 4) is 0 Å². The van der Waals surface area contributed by atoms with Crippen LogP contribution in [-0.2, 0) is 11.3 Å². The van der Waals surface area contributed by atoms with E-state index in [1.54, 1.807) is 4.90 Å². The molecule has 1 fully saturated rings. The average molecular weight is 298 g/mol. The number of likely N-dealkylation sites (tertiary alicyclic amines) is 1. The summed E-state index contributed by atoms with van der Waals surface area (Å²) in [4.78, 5) is 13.4. The third-order valence-corrected chi connectivity index (χ3v) is 4.11. The maximum Gasteiger partial charge on any atom is 0.410 e. The van der Waals surface area contributed by atoms with E-state index in [1.807, 2.05) is 30.3 Å². The molecule has 3 nitrogen and oxygen atoms in total. The Kier molecular flexibility index (Phi) is 3.72. The Morgan fingerprint density at radius 1 is 1.41 bits per heavy atom. The van der Waals surface area contributed by atoms with E-state index >= 15 is 0 Å². The van der Waals surface area contributed by atoms with Gasteiger partial charge in [0, 0.05) is 13.1 Å². The summed E-state index contributed by atoms with van der Waals surface area (Å²) in [5, 5.41) is 0. The maximum atomic E-state index is 11.7. The van der Waals surface area contributed by atoms with Crippen LogP contribution in [-0.4, -0.2) is 28.4 Å². The molecule has 1 aromatic carbocycles. The molecule has 17 heavy (non-hydrogen) atoms. The Balaban J connectivity index is 1.76. The minimum absolute atomic E-state index is 0.110. The van der Waals surface area contributed by atoms with E-state index in [0.29, 0.717) is 6.61 Å². The molecule has 92 valence electrons. The van der Waals surface area contributed by atoms with Gasteiger partial charge in [0.15, 0.2) is 0 Å². The van der Waals surface area contributed by atoms with Crippen LogP contribution in [0.15, 0.2) is 30.3 Å². The van der Waals surface area contributed by atoms with Gasteiger partial charge < -0.3 is 9.64 Å². The molecule has 0 aromatic heterocycles. The van der Waals surface area contributed by atoms with Gasteiger partial charge in [-0.15, -0.1) is 0 Å². The van der Waals surface area contributed by atoms with Crippen LogP contribution in [0.3, 0.4) is 0 Å². The lowest BCUT2D eigenvalue weighted by Gasteiger charge is -2.45. The number of rotatable bonds is 3. The standard InChI is InChI=1S/C13H16BrNO2/c1-2-13(14)9-15(10-13)12(16)17-8-11-6-4-3-5-7-11/h3-7H,2,8-10H2,1H3. The van der Waals surface area contributed by atoms with E-state index in [0.717, 1.165) is 25.1 Å². The first-order chi connectivity index (χ1) is 8.13. The Morgan fingerprint density at radius 3 is 2.65 bits per heavy atom. The van der Waals surface area contributed by atoms with Crippen molar-refractivity contribution in [2.24, 2.45) is 0 Å². The summed E-state index contributed by atoms with van der Waals surface area (Å²) in [5.41, 5.74) is 1.02. The molecule has 1 aromatic rings. The Bertz CT molecular complexity index is 388. The van der Waals surface area contributed by atoms with Crippen LogP contribution in [0.25, 0.3) is 0 Å². The summed E-state index contributed by atoms with van der Waals surface area (Å²) >= 11 is 3.62. The summed E-state index contributed by atoms with van der Waals surface area (Å²) < 4.78 is 5.35. The minimum Gasteiger partial charge on any atom is -0.445 e. The molecule has 0 radical (unpaired) electrons. The van der Waals surface area contributed by atoms with Gasteiger partial charge in [0.1, 0.15) is 6.61 Å². The van der Waals surface area contributed by atoms with Crippen molar-refractivity contribution in [1.29, 1.82) is 0 Å². The molecule has 0 saturated carbocycles. The Labute approximate surface area is 110 Å². The second kappa shape index (κ2) is 5.08. The zero-order chi connectivity index (χ0) is 12.3. The second-order valence-corrected chi connectivity index (χ2v) is 6.08. The lowest BCUT2D eigenvalue weighted by atomic mass is 9.98. The van der Waals surface area contributed by atoms with Gasteiger partial charge in [-0.05, 0) is 12.0 Å². The normalized spacial score (nSPS) is 17.4. The van der Waals surface area contributed by atoms with E-state index in [9.17, 15) is 4.79 Å². The summed E-state index contributed by atoms with van der Waals surface area (Å²) in [6.45, 7) is 3.92. The van der Waals surface area contributed by atoms with Gasteiger partial charge in [-0.3, -0.25) is 0 Å². The highest BCUT2D eigenvalue weighted by molar-refractivity contribution is 9.10. The molecule has 1 amide bonds. The predicted octanol–water partition coefficient (Wildman–Crippen LogP) is 3.18. The van der Waals surface area contributed by atoms with Gasteiger partial charge in [0.25, 0.3) is 0 Å². The van der Waals surface area contributed by atoms with Gasteiger partial charge in [-0.2, -0.15) is 0 Å². The topological polar surface area (TPSA) is 29.5 Å². The molecular weight excluding hydrogens is 282 g/mol. The average Bonchev–Trinajstić information content (AvgIpc) is 2.33. The number of amides is 1. The molecule has 0 bridgehead atoms. The highest BCUT2D eigenvalue weighted by Gasteiger charge is 2.42. The molecule has 0 N–H and O–H groups in total. The molecule has 0 spiro atoms. The van der Waals surface area contributed by atoms with Gasteiger partial charge in [0.05, 0.1) is 4.32 Å². The first-order valence-corrected chi connectivity index (χ1v) is 6.57. The van der Waals surface area contributed by atoms with Crippen molar-refractivity contribution >= 4 is 22.0 Å². The number of carbonyl (C=O) groups excluding carboxylic acids is 1. The van der Waals surface area contributed by atoms with E-state index in [-0.39, 0.29) is 10.4 Å². The fraction of sp³-hybridized carbons (Fsp3) is 0.462. The number of ether oxygens (including phenoxy) is 1. The zero-order valence-electron chi connectivity index (χ0n) is 9.86. The van der Waals surface area contributed by atoms with E-state index < -0.39 is 0 Å². The van der Waals surface area contributed by atoms with Gasteiger partial charge in [-0.25, -0.2) is 4.79 Å². The maximum absolute atomic E-state index is 11.7. The summed E-state index contributed by atoms with van der Waals surface area (Å²) in [7, 11) is 0. The van der Waals surface area contributed by atoms with Gasteiger partial charge in [0.2, 0.25) is 0 Å². The number of carbonyl (C=O) groups is 1. The van der Waals surface area contributed by atoms with E-state index in [2.05, 4.69) is 22.9 Å². The molecule has 4 heteroatoms. The van der Waals surface area contributed by atoms with Crippen LogP contribution < -0.4 is 0 Å². The van der Waals surface area contributed by atoms with Crippen LogP contribution >= 0.6 is 15.9 Å². The van der Waals surface area contributed by atoms with Gasteiger partial charge >= 0.3 is 6.09 Å². The second-order valence-electron chi connectivity index (χ2n) is 4.40. The lowest BCUT2D eigenvalue weighted by Crippen LogP contribution is -2.59. The molecule has 1 saturated heterocycles. The summed E-state index contributed by atoms with van der Waals surface area (Å²) in [6.07, 6.45) is 0.799. The fourth-order valence-corrected chi connectivity index (χ4v) is 2.41. The molecule has 0 aliphatic carbocycles. The number of halogens is 1. The van der Waals surface area contributed by atoms with Crippen LogP contribution in [0.5, 0.6) is 0 Å². The van der Waals surface area contributed by atoms with E-state index in [1.165, 1.54) is 0 Å². The van der Waals surface area contributed by atoms with Crippen LogP contribution in [0, 0.1) is 0 Å². The SMILES string of the molecule is CCC1(Br)CN(C(=O)OCc2ccccc2)C1. The molecule has 2 rings (SSSR count). The van der Waals surface area contributed by atoms with Crippen LogP contribution in [0.4, 0.5) is 4.79 Å². The Hall–Kier alpha value is -1.03. The molecule has 1 aliphatic heterocycles. The molecule has 1 heterocycles. The van der Waals surface area contributed by atoms with Crippen molar-refractivity contribution in [2.75, 3.05) is 13.1 Å². The first-order valence-electron chi connectivity index (χ1n) is 5.77. The molecule has 0 atom stereocenters. The van der Waals surface area contributed by atoms with Crippen molar-refractivity contribution < 1.29 is 9.53 Å². The number of hydrogen-bond donors (Lipinski definition) is 0. The Morgan fingerprint density at radius 2 is 2.06 bits per heavy atom. The summed E-state index contributed by atoms with van der Waals surface area (Å²) in [5.74, 6) is 0. The summed E-state index contributed by atoms with van der Waals surface area (Å²) in [6, 6.07) is 9.72. The van der Waals surface area contributed by atoms with Crippen molar-refractivity contribution in [3.05, 3.63) is 35.9 Å². The smallest absolute Gasteiger partial charge is 0.410 e. The highest BCUT2D eigenvalue weighted by Crippen LogP contribution is 2.33. The number of alkyl halides is 1. The number of nitrogens with zero attached hydrogens (tertiary/aromatic N) is 1. The fourth-order valence-electron chi connectivity index (χ4n) is 1.80. The highest BCUT2D eigenvalue weighted by atomic mass is 79.9. The van der Waals surface area contributed by atoms with Crippen molar-refractivity contribution in [2.45, 2.75) is 24.3 Å². The third kappa shape index (κ3) is 3.00. The number of benzene rings is 1. The van der Waals surface area contributed by atoms with Crippen LogP contribution in [0.2, 0.25) is 0 Å². The zero-order valence-corrected chi connectivity index (χ0v) is 11.4. The van der Waals surface area contributed by atoms with E-state index in [4.69, 9.17) is 4.74 Å². The van der Waals surface area contributed by atoms with Gasteiger partial charge in [-0.1, -0.05) is 53.2 Å². The minimum atomic E-state index is -0.225. The molecule has 1 aliphatic rings. The number of hydrogen-bond acceptors (Lipinski definition) is 2. The van der Waals surface area contributed by atoms with Crippen molar-refractivity contribution in [1.82, 2.24) is 4.90 Å². The first kappa shape index (κ1) is 12.4. The monoisotopic (exact) mass is 297 g/mol. The van der Waals surface area contributed by atoms with Crippen molar-refractivity contribution in [3.63, 3.8) is 0 Å².